The second-order valence-corrected chi connectivity index (χ2v) is 10.9. The minimum atomic E-state index is -1.79. The molecule has 1 atom stereocenters. The lowest BCUT2D eigenvalue weighted by atomic mass is 10.1. The van der Waals surface area contributed by atoms with E-state index in [0.717, 1.165) is 19.3 Å². The van der Waals surface area contributed by atoms with E-state index in [4.69, 9.17) is 11.1 Å². The Hall–Kier alpha value is 0.177. The molecule has 0 amide bonds. The summed E-state index contributed by atoms with van der Waals surface area (Å²) in [5, 5.41) is 0. The monoisotopic (exact) mass is 220 g/mol. The van der Waals surface area contributed by atoms with Gasteiger partial charge in [0, 0.05) is 12.0 Å². The second-order valence-electron chi connectivity index (χ2n) is 4.12. The molecule has 0 aliphatic rings. The van der Waals surface area contributed by atoms with Crippen LogP contribution in [0.25, 0.3) is 0 Å². The number of hydrogen-bond acceptors (Lipinski definition) is 1. The molecule has 78 valence electrons. The molecule has 0 fully saturated rings. The molecule has 0 aromatic rings. The third kappa shape index (κ3) is 4.82. The Kier molecular flexibility index (Phi) is 5.89. The van der Waals surface area contributed by atoms with Crippen LogP contribution in [-0.2, 0) is 4.79 Å². The minimum absolute atomic E-state index is 0.166. The van der Waals surface area contributed by atoms with E-state index in [0.29, 0.717) is 12.2 Å². The first-order valence-electron chi connectivity index (χ1n) is 5.15. The van der Waals surface area contributed by atoms with E-state index in [1.807, 2.05) is 6.92 Å². The number of halogens is 1. The van der Waals surface area contributed by atoms with Crippen molar-refractivity contribution in [2.24, 2.45) is 0 Å². The zero-order valence-electron chi connectivity index (χ0n) is 9.19. The molecule has 0 saturated heterocycles. The van der Waals surface area contributed by atoms with Gasteiger partial charge in [0.1, 0.15) is 5.78 Å². The standard InChI is InChI=1S/C10H21ClOSi/c1-5-7-9(12)10(8-6-2)13(3,4)11/h10H,5-8H2,1-4H3. The quantitative estimate of drug-likeness (QED) is 0.489. The average Bonchev–Trinajstić information content (AvgIpc) is 1.98. The zero-order chi connectivity index (χ0) is 10.5. The van der Waals surface area contributed by atoms with Gasteiger partial charge >= 0.3 is 0 Å². The van der Waals surface area contributed by atoms with Crippen LogP contribution in [0.1, 0.15) is 39.5 Å². The Balaban J connectivity index is 4.33. The van der Waals surface area contributed by atoms with E-state index < -0.39 is 7.38 Å². The lowest BCUT2D eigenvalue weighted by Gasteiger charge is -2.24. The lowest BCUT2D eigenvalue weighted by Crippen LogP contribution is -2.31. The predicted octanol–water partition coefficient (Wildman–Crippen LogP) is 3.97. The van der Waals surface area contributed by atoms with Gasteiger partial charge in [-0.15, -0.1) is 0 Å². The summed E-state index contributed by atoms with van der Waals surface area (Å²) in [7, 11) is -1.79. The highest BCUT2D eigenvalue weighted by Crippen LogP contribution is 2.32. The number of ketones is 1. The van der Waals surface area contributed by atoms with E-state index in [2.05, 4.69) is 20.0 Å². The fourth-order valence-electron chi connectivity index (χ4n) is 1.60. The van der Waals surface area contributed by atoms with Gasteiger partial charge in [-0.2, -0.15) is 11.1 Å². The van der Waals surface area contributed by atoms with Crippen molar-refractivity contribution in [3.8, 4) is 0 Å². The fourth-order valence-corrected chi connectivity index (χ4v) is 4.17. The normalized spacial score (nSPS) is 14.2. The van der Waals surface area contributed by atoms with Gasteiger partial charge in [0.05, 0.1) is 0 Å². The first kappa shape index (κ1) is 13.2. The molecule has 0 radical (unpaired) electrons. The van der Waals surface area contributed by atoms with Crippen LogP contribution in [0.2, 0.25) is 18.6 Å². The van der Waals surface area contributed by atoms with Crippen molar-refractivity contribution in [1.82, 2.24) is 0 Å². The Morgan fingerprint density at radius 1 is 1.31 bits per heavy atom. The number of carbonyl (C=O) groups is 1. The molecular weight excluding hydrogens is 200 g/mol. The molecule has 0 aromatic carbocycles. The maximum Gasteiger partial charge on any atom is 0.160 e. The summed E-state index contributed by atoms with van der Waals surface area (Å²) in [6.07, 6.45) is 3.68. The van der Waals surface area contributed by atoms with Crippen molar-refractivity contribution in [3.63, 3.8) is 0 Å². The first-order valence-corrected chi connectivity index (χ1v) is 9.24. The van der Waals surface area contributed by atoms with Crippen molar-refractivity contribution in [2.45, 2.75) is 58.2 Å². The molecule has 0 rings (SSSR count). The third-order valence-electron chi connectivity index (χ3n) is 2.29. The summed E-state index contributed by atoms with van der Waals surface area (Å²) in [6, 6.07) is 0. The second kappa shape index (κ2) is 5.81. The SMILES string of the molecule is CCCC(=O)C(CCC)[Si](C)(C)Cl. The molecule has 0 aliphatic heterocycles. The van der Waals surface area contributed by atoms with Crippen molar-refractivity contribution >= 4 is 24.2 Å². The Labute approximate surface area is 87.6 Å². The van der Waals surface area contributed by atoms with Crippen LogP contribution in [0, 0.1) is 0 Å². The van der Waals surface area contributed by atoms with Gasteiger partial charge in [-0.1, -0.05) is 33.4 Å². The molecule has 0 saturated carbocycles. The largest absolute Gasteiger partial charge is 0.300 e. The smallest absolute Gasteiger partial charge is 0.160 e. The van der Waals surface area contributed by atoms with E-state index >= 15 is 0 Å². The summed E-state index contributed by atoms with van der Waals surface area (Å²) in [5.74, 6) is 0.385. The molecule has 0 spiro atoms. The van der Waals surface area contributed by atoms with Crippen molar-refractivity contribution in [3.05, 3.63) is 0 Å². The van der Waals surface area contributed by atoms with Crippen LogP contribution in [0.4, 0.5) is 0 Å². The summed E-state index contributed by atoms with van der Waals surface area (Å²) < 4.78 is 0. The van der Waals surface area contributed by atoms with Crippen molar-refractivity contribution < 1.29 is 4.79 Å². The molecular formula is C10H21ClOSi. The molecule has 1 nitrogen and oxygen atoms in total. The molecule has 0 heterocycles. The van der Waals surface area contributed by atoms with Gasteiger partial charge in [-0.25, -0.2) is 0 Å². The zero-order valence-corrected chi connectivity index (χ0v) is 10.9. The average molecular weight is 221 g/mol. The highest BCUT2D eigenvalue weighted by atomic mass is 35.6. The van der Waals surface area contributed by atoms with Crippen LogP contribution in [0.5, 0.6) is 0 Å². The number of rotatable bonds is 6. The lowest BCUT2D eigenvalue weighted by molar-refractivity contribution is -0.119. The number of carbonyl (C=O) groups excluding carboxylic acids is 1. The van der Waals surface area contributed by atoms with Crippen molar-refractivity contribution in [2.75, 3.05) is 0 Å². The molecule has 0 N–H and O–H groups in total. The highest BCUT2D eigenvalue weighted by molar-refractivity contribution is 7.21. The predicted molar refractivity (Wildman–Crippen MR) is 61.9 cm³/mol. The summed E-state index contributed by atoms with van der Waals surface area (Å²) in [6.45, 7) is 8.30. The molecule has 13 heavy (non-hydrogen) atoms. The summed E-state index contributed by atoms with van der Waals surface area (Å²) >= 11 is 6.33. The van der Waals surface area contributed by atoms with Crippen molar-refractivity contribution in [1.29, 1.82) is 0 Å². The molecule has 3 heteroatoms. The summed E-state index contributed by atoms with van der Waals surface area (Å²) in [5.41, 5.74) is 0.166. The van der Waals surface area contributed by atoms with Gasteiger partial charge in [0.2, 0.25) is 0 Å². The molecule has 0 bridgehead atoms. The first-order chi connectivity index (χ1) is 5.93. The highest BCUT2D eigenvalue weighted by Gasteiger charge is 2.33. The summed E-state index contributed by atoms with van der Waals surface area (Å²) in [4.78, 5) is 11.7. The molecule has 1 unspecified atom stereocenters. The molecule has 0 aliphatic carbocycles. The number of hydrogen-bond donors (Lipinski definition) is 0. The van der Waals surface area contributed by atoms with Crippen LogP contribution >= 0.6 is 11.1 Å². The fraction of sp³-hybridized carbons (Fsp3) is 0.900. The van der Waals surface area contributed by atoms with Crippen LogP contribution in [-0.4, -0.2) is 13.2 Å². The van der Waals surface area contributed by atoms with Gasteiger partial charge in [0.15, 0.2) is 7.38 Å². The Bertz CT molecular complexity index is 163. The third-order valence-corrected chi connectivity index (χ3v) is 5.35. The van der Waals surface area contributed by atoms with Crippen LogP contribution in [0.3, 0.4) is 0 Å². The van der Waals surface area contributed by atoms with E-state index in [-0.39, 0.29) is 5.54 Å². The molecule has 0 aromatic heterocycles. The van der Waals surface area contributed by atoms with Gasteiger partial charge in [-0.05, 0) is 12.8 Å². The van der Waals surface area contributed by atoms with E-state index in [1.165, 1.54) is 0 Å². The number of Topliss-reactive ketones (excluding diaryl/α,β-unsaturated/α-hetero) is 1. The van der Waals surface area contributed by atoms with Gasteiger partial charge in [-0.3, -0.25) is 4.79 Å². The van der Waals surface area contributed by atoms with Gasteiger partial charge in [0.25, 0.3) is 0 Å². The topological polar surface area (TPSA) is 17.1 Å². The maximum atomic E-state index is 11.7. The Morgan fingerprint density at radius 3 is 2.15 bits per heavy atom. The van der Waals surface area contributed by atoms with Crippen LogP contribution in [0.15, 0.2) is 0 Å². The van der Waals surface area contributed by atoms with E-state index in [1.54, 1.807) is 0 Å². The Morgan fingerprint density at radius 2 is 1.85 bits per heavy atom. The van der Waals surface area contributed by atoms with Crippen LogP contribution < -0.4 is 0 Å². The maximum absolute atomic E-state index is 11.7. The van der Waals surface area contributed by atoms with E-state index in [9.17, 15) is 4.79 Å². The van der Waals surface area contributed by atoms with Gasteiger partial charge < -0.3 is 0 Å². The minimum Gasteiger partial charge on any atom is -0.300 e.